The van der Waals surface area contributed by atoms with Crippen LogP contribution in [0.3, 0.4) is 0 Å². The van der Waals surface area contributed by atoms with E-state index >= 15 is 0 Å². The largest absolute Gasteiger partial charge is 0.462 e. The molecule has 3 saturated carbocycles. The van der Waals surface area contributed by atoms with Gasteiger partial charge in [0.15, 0.2) is 14.1 Å². The first-order chi connectivity index (χ1) is 16.7. The van der Waals surface area contributed by atoms with Crippen LogP contribution < -0.4 is 0 Å². The van der Waals surface area contributed by atoms with Gasteiger partial charge in [-0.1, -0.05) is 34.6 Å². The number of ether oxygens (including phenoxy) is 3. The maximum atomic E-state index is 12.4. The Morgan fingerprint density at radius 1 is 1.03 bits per heavy atom. The second-order valence-corrected chi connectivity index (χ2v) is 19.0. The lowest BCUT2D eigenvalue weighted by molar-refractivity contribution is -0.252. The van der Waals surface area contributed by atoms with Crippen molar-refractivity contribution in [3.05, 3.63) is 0 Å². The first kappa shape index (κ1) is 28.5. The van der Waals surface area contributed by atoms with Gasteiger partial charge in [0.2, 0.25) is 0 Å². The number of hydrogen-bond donors (Lipinski definition) is 1. The van der Waals surface area contributed by atoms with Gasteiger partial charge in [-0.3, -0.25) is 4.79 Å². The van der Waals surface area contributed by atoms with Crippen LogP contribution in [-0.2, 0) is 23.4 Å². The molecule has 0 radical (unpaired) electrons. The van der Waals surface area contributed by atoms with Gasteiger partial charge in [0.05, 0.1) is 13.2 Å². The van der Waals surface area contributed by atoms with E-state index in [2.05, 4.69) is 47.7 Å². The van der Waals surface area contributed by atoms with Crippen LogP contribution in [0.2, 0.25) is 18.1 Å². The van der Waals surface area contributed by atoms with E-state index in [0.717, 1.165) is 51.4 Å². The van der Waals surface area contributed by atoms with Crippen LogP contribution in [0.15, 0.2) is 0 Å². The van der Waals surface area contributed by atoms with Gasteiger partial charge in [-0.15, -0.1) is 0 Å². The molecule has 36 heavy (non-hydrogen) atoms. The van der Waals surface area contributed by atoms with Crippen LogP contribution in [0.25, 0.3) is 0 Å². The van der Waals surface area contributed by atoms with Crippen LogP contribution >= 0.6 is 0 Å². The zero-order chi connectivity index (χ0) is 26.6. The summed E-state index contributed by atoms with van der Waals surface area (Å²) in [7, 11) is -1.87. The molecular formula is C29H52O6Si. The van der Waals surface area contributed by atoms with Gasteiger partial charge in [-0.2, -0.15) is 0 Å². The molecule has 1 saturated heterocycles. The van der Waals surface area contributed by atoms with Crippen LogP contribution in [0, 0.1) is 28.6 Å². The summed E-state index contributed by atoms with van der Waals surface area (Å²) in [4.78, 5) is 12.4. The third-order valence-corrected chi connectivity index (χ3v) is 15.9. The Bertz CT molecular complexity index is 802. The lowest BCUT2D eigenvalue weighted by Crippen LogP contribution is -2.58. The highest BCUT2D eigenvalue weighted by molar-refractivity contribution is 6.74. The molecule has 4 aliphatic rings. The quantitative estimate of drug-likeness (QED) is 0.336. The first-order valence-corrected chi connectivity index (χ1v) is 17.3. The van der Waals surface area contributed by atoms with Crippen molar-refractivity contribution >= 4 is 14.3 Å². The van der Waals surface area contributed by atoms with Crippen molar-refractivity contribution in [1.82, 2.24) is 0 Å². The molecule has 1 spiro atoms. The maximum absolute atomic E-state index is 12.4. The molecule has 0 amide bonds. The number of hydrogen-bond acceptors (Lipinski definition) is 6. The first-order valence-electron chi connectivity index (χ1n) is 14.4. The minimum Gasteiger partial charge on any atom is -0.462 e. The summed E-state index contributed by atoms with van der Waals surface area (Å²) < 4.78 is 25.7. The molecule has 7 atom stereocenters. The summed E-state index contributed by atoms with van der Waals surface area (Å²) in [5.74, 6) is 0.113. The molecular weight excluding hydrogens is 472 g/mol. The van der Waals surface area contributed by atoms with Gasteiger partial charge >= 0.3 is 5.97 Å². The monoisotopic (exact) mass is 524 g/mol. The van der Waals surface area contributed by atoms with Gasteiger partial charge in [-0.05, 0) is 74.4 Å². The van der Waals surface area contributed by atoms with E-state index in [0.29, 0.717) is 19.1 Å². The lowest BCUT2D eigenvalue weighted by atomic mass is 9.51. The van der Waals surface area contributed by atoms with Crippen molar-refractivity contribution in [3.8, 4) is 0 Å². The third kappa shape index (κ3) is 4.74. The molecule has 1 aliphatic heterocycles. The number of carbonyl (C=O) groups excluding carboxylic acids is 1. The van der Waals surface area contributed by atoms with Crippen molar-refractivity contribution in [1.29, 1.82) is 0 Å². The number of aliphatic hydroxyl groups is 1. The SMILES string of the molecule is CC(=O)O[C@H]1C2CCC3(OCCO3)[C@@]2(C)CCC1[C@@]1(C)CCC(O[Si](C)(C)C(C)(C)C)C[C@@H]1CCO. The van der Waals surface area contributed by atoms with E-state index < -0.39 is 14.1 Å². The molecule has 0 aromatic rings. The number of fused-ring (bicyclic) bond motifs is 2. The van der Waals surface area contributed by atoms with E-state index in [1.165, 1.54) is 0 Å². The third-order valence-electron chi connectivity index (χ3n) is 11.4. The molecule has 0 aromatic carbocycles. The van der Waals surface area contributed by atoms with Crippen LogP contribution in [-0.4, -0.2) is 57.2 Å². The zero-order valence-electron chi connectivity index (χ0n) is 24.2. The summed E-state index contributed by atoms with van der Waals surface area (Å²) in [6.07, 6.45) is 7.77. The van der Waals surface area contributed by atoms with Gasteiger partial charge < -0.3 is 23.7 Å². The van der Waals surface area contributed by atoms with E-state index in [4.69, 9.17) is 18.6 Å². The Morgan fingerprint density at radius 3 is 2.25 bits per heavy atom. The normalized spacial score (nSPS) is 40.9. The van der Waals surface area contributed by atoms with Crippen LogP contribution in [0.5, 0.6) is 0 Å². The Balaban J connectivity index is 1.59. The molecule has 1 heterocycles. The van der Waals surface area contributed by atoms with Crippen molar-refractivity contribution in [2.75, 3.05) is 19.8 Å². The maximum Gasteiger partial charge on any atom is 0.302 e. The second kappa shape index (κ2) is 9.93. The number of rotatable bonds is 6. The van der Waals surface area contributed by atoms with E-state index in [9.17, 15) is 9.90 Å². The van der Waals surface area contributed by atoms with Crippen molar-refractivity contribution in [3.63, 3.8) is 0 Å². The predicted molar refractivity (Wildman–Crippen MR) is 143 cm³/mol. The number of aliphatic hydroxyl groups excluding tert-OH is 1. The minimum absolute atomic E-state index is 0.00931. The Kier molecular flexibility index (Phi) is 7.87. The van der Waals surface area contributed by atoms with E-state index in [1.807, 2.05) is 0 Å². The highest BCUT2D eigenvalue weighted by atomic mass is 28.4. The molecule has 7 heteroatoms. The molecule has 1 N–H and O–H groups in total. The van der Waals surface area contributed by atoms with Crippen molar-refractivity contribution in [2.24, 2.45) is 28.6 Å². The Hall–Kier alpha value is -0.473. The molecule has 208 valence electrons. The van der Waals surface area contributed by atoms with Crippen LogP contribution in [0.1, 0.15) is 92.9 Å². The predicted octanol–water partition coefficient (Wildman–Crippen LogP) is 6.07. The smallest absolute Gasteiger partial charge is 0.302 e. The number of carbonyl (C=O) groups is 1. The number of esters is 1. The van der Waals surface area contributed by atoms with Gasteiger partial charge in [0.25, 0.3) is 0 Å². The van der Waals surface area contributed by atoms with Gasteiger partial charge in [-0.25, -0.2) is 0 Å². The van der Waals surface area contributed by atoms with Crippen molar-refractivity contribution in [2.45, 2.75) is 129 Å². The fraction of sp³-hybridized carbons (Fsp3) is 0.966. The summed E-state index contributed by atoms with van der Waals surface area (Å²) in [6, 6.07) is 0. The summed E-state index contributed by atoms with van der Waals surface area (Å²) in [6.45, 7) is 19.3. The summed E-state index contributed by atoms with van der Waals surface area (Å²) in [5.41, 5.74) is -0.157. The average Bonchev–Trinajstić information content (AvgIpc) is 3.36. The van der Waals surface area contributed by atoms with Gasteiger partial charge in [0, 0.05) is 43.3 Å². The summed E-state index contributed by atoms with van der Waals surface area (Å²) >= 11 is 0. The van der Waals surface area contributed by atoms with Crippen LogP contribution in [0.4, 0.5) is 0 Å². The standard InChI is InChI=1S/C29H52O6Si/c1-20(31)34-25-23(10-14-28(6)24(25)11-15-29(28)32-17-18-33-29)27(5)13-9-22(19-21(27)12-16-30)35-36(7,8)26(2,3)4/h21-25,30H,9-19H2,1-8H3/t21-,22?,23?,24?,25+,27-,28-/m0/s1. The van der Waals surface area contributed by atoms with E-state index in [-0.39, 0.29) is 52.5 Å². The Labute approximate surface area is 220 Å². The lowest BCUT2D eigenvalue weighted by Gasteiger charge is -2.58. The molecule has 3 aliphatic carbocycles. The Morgan fingerprint density at radius 2 is 1.67 bits per heavy atom. The molecule has 0 aromatic heterocycles. The topological polar surface area (TPSA) is 74.2 Å². The van der Waals surface area contributed by atoms with E-state index in [1.54, 1.807) is 6.92 Å². The second-order valence-electron chi connectivity index (χ2n) is 14.2. The fourth-order valence-electron chi connectivity index (χ4n) is 8.20. The highest BCUT2D eigenvalue weighted by Gasteiger charge is 2.67. The minimum atomic E-state index is -1.87. The highest BCUT2D eigenvalue weighted by Crippen LogP contribution is 2.65. The zero-order valence-corrected chi connectivity index (χ0v) is 25.2. The van der Waals surface area contributed by atoms with Gasteiger partial charge in [0.1, 0.15) is 6.10 Å². The average molecular weight is 525 g/mol. The molecule has 6 nitrogen and oxygen atoms in total. The molecule has 4 fully saturated rings. The van der Waals surface area contributed by atoms with Crippen molar-refractivity contribution < 1.29 is 28.5 Å². The molecule has 4 rings (SSSR count). The fourth-order valence-corrected chi connectivity index (χ4v) is 9.60. The summed E-state index contributed by atoms with van der Waals surface area (Å²) in [5, 5.41) is 10.3. The molecule has 3 unspecified atom stereocenters. The molecule has 0 bridgehead atoms.